The van der Waals surface area contributed by atoms with Crippen LogP contribution >= 0.6 is 0 Å². The Balaban J connectivity index is 2.02. The summed E-state index contributed by atoms with van der Waals surface area (Å²) in [6, 6.07) is 0. The van der Waals surface area contributed by atoms with E-state index in [1.165, 1.54) is 0 Å². The Labute approximate surface area is 58.5 Å². The van der Waals surface area contributed by atoms with Crippen molar-refractivity contribution in [1.29, 1.82) is 0 Å². The zero-order valence-corrected chi connectivity index (χ0v) is 5.54. The molecule has 0 spiro atoms. The molecule has 1 saturated heterocycles. The van der Waals surface area contributed by atoms with Gasteiger partial charge in [0.2, 0.25) is 5.91 Å². The van der Waals surface area contributed by atoms with E-state index in [4.69, 9.17) is 16.2 Å². The van der Waals surface area contributed by atoms with Gasteiger partial charge in [0.05, 0.1) is 12.7 Å². The SMILES string of the molecule is NC(=O)C1(N)CC1C1CO1. The summed E-state index contributed by atoms with van der Waals surface area (Å²) < 4.78 is 4.99. The number of hydrogen-bond donors (Lipinski definition) is 2. The predicted octanol–water partition coefficient (Wildman–Crippen LogP) is -1.41. The Morgan fingerprint density at radius 2 is 2.30 bits per heavy atom. The van der Waals surface area contributed by atoms with Gasteiger partial charge in [-0.25, -0.2) is 0 Å². The van der Waals surface area contributed by atoms with Gasteiger partial charge in [0.1, 0.15) is 5.54 Å². The molecule has 0 aromatic heterocycles. The molecule has 2 rings (SSSR count). The minimum atomic E-state index is -0.735. The molecule has 4 N–H and O–H groups in total. The number of epoxide rings is 1. The zero-order chi connectivity index (χ0) is 7.35. The van der Waals surface area contributed by atoms with E-state index in [1.807, 2.05) is 0 Å². The van der Waals surface area contributed by atoms with Crippen LogP contribution in [-0.4, -0.2) is 24.2 Å². The molecular weight excluding hydrogens is 132 g/mol. The van der Waals surface area contributed by atoms with Crippen LogP contribution < -0.4 is 11.5 Å². The van der Waals surface area contributed by atoms with Crippen LogP contribution in [0.1, 0.15) is 6.42 Å². The van der Waals surface area contributed by atoms with Crippen LogP contribution in [0.15, 0.2) is 0 Å². The standard InChI is InChI=1S/C6H10N2O2/c7-5(9)6(8)1-3(6)4-2-10-4/h3-4H,1-2,8H2,(H2,7,9). The first-order valence-corrected chi connectivity index (χ1v) is 3.35. The molecule has 1 saturated carbocycles. The Morgan fingerprint density at radius 3 is 2.60 bits per heavy atom. The van der Waals surface area contributed by atoms with Crippen LogP contribution in [0, 0.1) is 5.92 Å². The average Bonchev–Trinajstić information content (AvgIpc) is 2.57. The van der Waals surface area contributed by atoms with Crippen LogP contribution in [0.3, 0.4) is 0 Å². The monoisotopic (exact) mass is 142 g/mol. The van der Waals surface area contributed by atoms with E-state index < -0.39 is 11.4 Å². The molecule has 56 valence electrons. The smallest absolute Gasteiger partial charge is 0.237 e. The van der Waals surface area contributed by atoms with Crippen molar-refractivity contribution in [2.24, 2.45) is 17.4 Å². The van der Waals surface area contributed by atoms with Crippen LogP contribution in [-0.2, 0) is 9.53 Å². The third-order valence-electron chi connectivity index (χ3n) is 2.33. The molecule has 2 aliphatic rings. The number of nitrogens with two attached hydrogens (primary N) is 2. The molecule has 0 aromatic carbocycles. The molecule has 2 fully saturated rings. The molecule has 10 heavy (non-hydrogen) atoms. The van der Waals surface area contributed by atoms with E-state index in [0.717, 1.165) is 6.61 Å². The Hall–Kier alpha value is -0.610. The van der Waals surface area contributed by atoms with Gasteiger partial charge in [-0.05, 0) is 6.42 Å². The van der Waals surface area contributed by atoms with Crippen LogP contribution in [0.4, 0.5) is 0 Å². The second-order valence-corrected chi connectivity index (χ2v) is 3.09. The van der Waals surface area contributed by atoms with Crippen LogP contribution in [0.25, 0.3) is 0 Å². The minimum Gasteiger partial charge on any atom is -0.373 e. The van der Waals surface area contributed by atoms with Crippen molar-refractivity contribution in [3.05, 3.63) is 0 Å². The van der Waals surface area contributed by atoms with Gasteiger partial charge in [0.25, 0.3) is 0 Å². The Bertz CT molecular complexity index is 190. The van der Waals surface area contributed by atoms with Gasteiger partial charge in [-0.3, -0.25) is 4.79 Å². The lowest BCUT2D eigenvalue weighted by molar-refractivity contribution is -0.120. The normalized spacial score (nSPS) is 50.5. The van der Waals surface area contributed by atoms with Crippen molar-refractivity contribution in [3.63, 3.8) is 0 Å². The molecule has 1 aliphatic heterocycles. The van der Waals surface area contributed by atoms with Crippen molar-refractivity contribution >= 4 is 5.91 Å². The highest BCUT2D eigenvalue weighted by Crippen LogP contribution is 2.48. The summed E-state index contributed by atoms with van der Waals surface area (Å²) in [5, 5.41) is 0. The van der Waals surface area contributed by atoms with Gasteiger partial charge in [0, 0.05) is 5.92 Å². The fourth-order valence-electron chi connectivity index (χ4n) is 1.34. The lowest BCUT2D eigenvalue weighted by atomic mass is 10.2. The Morgan fingerprint density at radius 1 is 1.70 bits per heavy atom. The molecule has 0 radical (unpaired) electrons. The predicted molar refractivity (Wildman–Crippen MR) is 34.0 cm³/mol. The highest BCUT2D eigenvalue weighted by molar-refractivity contribution is 5.88. The van der Waals surface area contributed by atoms with E-state index in [9.17, 15) is 4.79 Å². The van der Waals surface area contributed by atoms with E-state index in [0.29, 0.717) is 6.42 Å². The molecule has 1 amide bonds. The number of primary amides is 1. The number of ether oxygens (including phenoxy) is 1. The summed E-state index contributed by atoms with van der Waals surface area (Å²) in [6.45, 7) is 0.747. The largest absolute Gasteiger partial charge is 0.373 e. The summed E-state index contributed by atoms with van der Waals surface area (Å²) in [4.78, 5) is 10.7. The number of hydrogen-bond acceptors (Lipinski definition) is 3. The second kappa shape index (κ2) is 1.52. The fraction of sp³-hybridized carbons (Fsp3) is 0.833. The van der Waals surface area contributed by atoms with Gasteiger partial charge in [-0.15, -0.1) is 0 Å². The third-order valence-corrected chi connectivity index (χ3v) is 2.33. The molecule has 4 nitrogen and oxygen atoms in total. The first kappa shape index (κ1) is 6.12. The van der Waals surface area contributed by atoms with E-state index in [-0.39, 0.29) is 12.0 Å². The average molecular weight is 142 g/mol. The molecule has 1 heterocycles. The molecule has 1 aliphatic carbocycles. The molecule has 4 heteroatoms. The van der Waals surface area contributed by atoms with Crippen molar-refractivity contribution < 1.29 is 9.53 Å². The van der Waals surface area contributed by atoms with Gasteiger partial charge in [-0.2, -0.15) is 0 Å². The number of amides is 1. The minimum absolute atomic E-state index is 0.199. The van der Waals surface area contributed by atoms with E-state index in [2.05, 4.69) is 0 Å². The maximum Gasteiger partial charge on any atom is 0.237 e. The third kappa shape index (κ3) is 0.660. The zero-order valence-electron chi connectivity index (χ0n) is 5.54. The summed E-state index contributed by atoms with van der Waals surface area (Å²) in [5.74, 6) is -0.196. The molecular formula is C6H10N2O2. The van der Waals surface area contributed by atoms with Gasteiger partial charge in [-0.1, -0.05) is 0 Å². The highest BCUT2D eigenvalue weighted by atomic mass is 16.6. The second-order valence-electron chi connectivity index (χ2n) is 3.09. The van der Waals surface area contributed by atoms with Crippen molar-refractivity contribution in [3.8, 4) is 0 Å². The molecule has 3 unspecified atom stereocenters. The summed E-state index contributed by atoms with van der Waals surface area (Å²) in [6.07, 6.45) is 0.921. The summed E-state index contributed by atoms with van der Waals surface area (Å²) in [7, 11) is 0. The van der Waals surface area contributed by atoms with Crippen molar-refractivity contribution in [1.82, 2.24) is 0 Å². The Kier molecular flexibility index (Phi) is 0.928. The lowest BCUT2D eigenvalue weighted by Gasteiger charge is -2.02. The topological polar surface area (TPSA) is 81.6 Å². The number of carbonyl (C=O) groups is 1. The van der Waals surface area contributed by atoms with Gasteiger partial charge in [0.15, 0.2) is 0 Å². The van der Waals surface area contributed by atoms with Crippen molar-refractivity contribution in [2.75, 3.05) is 6.61 Å². The molecule has 3 atom stereocenters. The first-order chi connectivity index (χ1) is 4.64. The maximum atomic E-state index is 10.7. The van der Waals surface area contributed by atoms with Crippen molar-refractivity contribution in [2.45, 2.75) is 18.1 Å². The van der Waals surface area contributed by atoms with Crippen LogP contribution in [0.5, 0.6) is 0 Å². The van der Waals surface area contributed by atoms with E-state index >= 15 is 0 Å². The number of rotatable bonds is 2. The first-order valence-electron chi connectivity index (χ1n) is 3.35. The van der Waals surface area contributed by atoms with Gasteiger partial charge >= 0.3 is 0 Å². The van der Waals surface area contributed by atoms with Gasteiger partial charge < -0.3 is 16.2 Å². The fourth-order valence-corrected chi connectivity index (χ4v) is 1.34. The van der Waals surface area contributed by atoms with Crippen LogP contribution in [0.2, 0.25) is 0 Å². The molecule has 0 bridgehead atoms. The number of carbonyl (C=O) groups excluding carboxylic acids is 1. The van der Waals surface area contributed by atoms with E-state index in [1.54, 1.807) is 0 Å². The molecule has 0 aromatic rings. The summed E-state index contributed by atoms with van der Waals surface area (Å²) in [5.41, 5.74) is 9.95. The highest BCUT2D eigenvalue weighted by Gasteiger charge is 2.62. The lowest BCUT2D eigenvalue weighted by Crippen LogP contribution is -2.41. The summed E-state index contributed by atoms with van der Waals surface area (Å²) >= 11 is 0. The maximum absolute atomic E-state index is 10.7. The quantitative estimate of drug-likeness (QED) is 0.464.